The van der Waals surface area contributed by atoms with E-state index in [0.717, 1.165) is 6.07 Å². The summed E-state index contributed by atoms with van der Waals surface area (Å²) in [5.41, 5.74) is -1.27. The molecular formula is C19H12F3N3O2. The molecule has 136 valence electrons. The summed E-state index contributed by atoms with van der Waals surface area (Å²) in [6.45, 7) is 0. The summed E-state index contributed by atoms with van der Waals surface area (Å²) < 4.78 is 40.2. The number of carbonyl (C=O) groups excluding carboxylic acids is 1. The largest absolute Gasteiger partial charge is 0.418 e. The minimum absolute atomic E-state index is 0.270. The van der Waals surface area contributed by atoms with Crippen molar-refractivity contribution in [2.24, 2.45) is 0 Å². The Morgan fingerprint density at radius 1 is 1.00 bits per heavy atom. The monoisotopic (exact) mass is 371 g/mol. The second-order valence-electron chi connectivity index (χ2n) is 5.99. The summed E-state index contributed by atoms with van der Waals surface area (Å²) in [7, 11) is 0. The zero-order chi connectivity index (χ0) is 19.2. The fourth-order valence-electron chi connectivity index (χ4n) is 2.96. The van der Waals surface area contributed by atoms with E-state index >= 15 is 0 Å². The first-order valence-corrected chi connectivity index (χ1v) is 7.95. The van der Waals surface area contributed by atoms with Crippen molar-refractivity contribution < 1.29 is 18.0 Å². The van der Waals surface area contributed by atoms with Crippen molar-refractivity contribution >= 4 is 33.4 Å². The summed E-state index contributed by atoms with van der Waals surface area (Å²) in [6, 6.07) is 10.2. The van der Waals surface area contributed by atoms with Gasteiger partial charge in [-0.2, -0.15) is 13.2 Å². The zero-order valence-corrected chi connectivity index (χ0v) is 13.6. The molecule has 0 saturated carbocycles. The molecule has 0 aliphatic rings. The predicted octanol–water partition coefficient (Wildman–Crippen LogP) is 4.28. The van der Waals surface area contributed by atoms with Gasteiger partial charge in [-0.1, -0.05) is 12.1 Å². The van der Waals surface area contributed by atoms with Crippen molar-refractivity contribution in [1.82, 2.24) is 9.97 Å². The summed E-state index contributed by atoms with van der Waals surface area (Å²) in [6.07, 6.45) is -1.96. The lowest BCUT2D eigenvalue weighted by atomic mass is 10.1. The number of nitrogens with one attached hydrogen (secondary N) is 3. The molecule has 8 heteroatoms. The molecule has 0 radical (unpaired) electrons. The molecule has 0 unspecified atom stereocenters. The van der Waals surface area contributed by atoms with Crippen molar-refractivity contribution in [3.05, 3.63) is 76.2 Å². The fourth-order valence-corrected chi connectivity index (χ4v) is 2.96. The summed E-state index contributed by atoms with van der Waals surface area (Å²) >= 11 is 0. The van der Waals surface area contributed by atoms with Gasteiger partial charge in [0.25, 0.3) is 5.91 Å². The Kier molecular flexibility index (Phi) is 3.76. The van der Waals surface area contributed by atoms with Crippen LogP contribution >= 0.6 is 0 Å². The Hall–Kier alpha value is -3.55. The predicted molar refractivity (Wildman–Crippen MR) is 95.8 cm³/mol. The molecule has 2 aromatic carbocycles. The molecule has 4 aromatic rings. The first kappa shape index (κ1) is 16.9. The molecule has 2 aromatic heterocycles. The van der Waals surface area contributed by atoms with Gasteiger partial charge in [-0.05, 0) is 30.3 Å². The number of alkyl halides is 3. The third kappa shape index (κ3) is 2.95. The van der Waals surface area contributed by atoms with Crippen molar-refractivity contribution in [2.75, 3.05) is 5.32 Å². The maximum atomic E-state index is 13.4. The first-order valence-electron chi connectivity index (χ1n) is 7.95. The molecule has 3 N–H and O–H groups in total. The molecule has 1 amide bonds. The normalized spacial score (nSPS) is 11.8. The lowest BCUT2D eigenvalue weighted by Crippen LogP contribution is -2.23. The summed E-state index contributed by atoms with van der Waals surface area (Å²) in [5.74, 6) is -0.918. The summed E-state index contributed by atoms with van der Waals surface area (Å²) in [4.78, 5) is 30.6. The number of H-pyrrole nitrogens is 2. The number of aromatic nitrogens is 2. The minimum Gasteiger partial charge on any atom is -0.361 e. The number of para-hydroxylation sites is 1. The van der Waals surface area contributed by atoms with Gasteiger partial charge in [0.05, 0.1) is 11.3 Å². The molecule has 0 saturated heterocycles. The topological polar surface area (TPSA) is 77.8 Å². The number of hydrogen-bond acceptors (Lipinski definition) is 2. The van der Waals surface area contributed by atoms with Crippen LogP contribution in [0.3, 0.4) is 0 Å². The van der Waals surface area contributed by atoms with Crippen LogP contribution in [0, 0.1) is 0 Å². The van der Waals surface area contributed by atoms with E-state index in [1.165, 1.54) is 30.6 Å². The van der Waals surface area contributed by atoms with E-state index < -0.39 is 28.8 Å². The molecule has 2 heterocycles. The van der Waals surface area contributed by atoms with Crippen LogP contribution in [0.2, 0.25) is 0 Å². The van der Waals surface area contributed by atoms with E-state index in [2.05, 4.69) is 15.3 Å². The second kappa shape index (κ2) is 6.01. The highest BCUT2D eigenvalue weighted by Crippen LogP contribution is 2.37. The van der Waals surface area contributed by atoms with Gasteiger partial charge in [0, 0.05) is 34.2 Å². The van der Waals surface area contributed by atoms with E-state index in [-0.39, 0.29) is 10.9 Å². The third-order valence-electron chi connectivity index (χ3n) is 4.28. The lowest BCUT2D eigenvalue weighted by Gasteiger charge is -2.14. The van der Waals surface area contributed by atoms with E-state index in [1.807, 2.05) is 0 Å². The maximum Gasteiger partial charge on any atom is 0.418 e. The Labute approximate surface area is 149 Å². The Bertz CT molecular complexity index is 1240. The molecule has 4 rings (SSSR count). The van der Waals surface area contributed by atoms with Crippen LogP contribution in [0.5, 0.6) is 0 Å². The number of pyridine rings is 1. The van der Waals surface area contributed by atoms with Crippen LogP contribution in [0.15, 0.2) is 59.7 Å². The molecular weight excluding hydrogens is 359 g/mol. The second-order valence-corrected chi connectivity index (χ2v) is 5.99. The smallest absolute Gasteiger partial charge is 0.361 e. The highest BCUT2D eigenvalue weighted by atomic mass is 19.4. The minimum atomic E-state index is -4.66. The van der Waals surface area contributed by atoms with Crippen LogP contribution in [0.4, 0.5) is 18.9 Å². The highest BCUT2D eigenvalue weighted by Gasteiger charge is 2.34. The van der Waals surface area contributed by atoms with Crippen molar-refractivity contribution in [2.45, 2.75) is 6.18 Å². The van der Waals surface area contributed by atoms with Crippen molar-refractivity contribution in [3.63, 3.8) is 0 Å². The molecule has 5 nitrogen and oxygen atoms in total. The lowest BCUT2D eigenvalue weighted by molar-refractivity contribution is -0.136. The van der Waals surface area contributed by atoms with E-state index in [0.29, 0.717) is 16.4 Å². The Morgan fingerprint density at radius 2 is 1.78 bits per heavy atom. The average Bonchev–Trinajstić information content (AvgIpc) is 3.08. The van der Waals surface area contributed by atoms with Gasteiger partial charge < -0.3 is 15.3 Å². The zero-order valence-electron chi connectivity index (χ0n) is 13.6. The standard InChI is InChI=1S/C19H12F3N3O2/c20-19(21,22)13-7-10-5-6-23-15(10)8-16(13)25-18(27)12-9-24-14-4-2-1-3-11(14)17(12)26/h1-9,23H,(H,24,26)(H,25,27). The number of hydrogen-bond donors (Lipinski definition) is 3. The maximum absolute atomic E-state index is 13.4. The number of aromatic amines is 2. The molecule has 0 atom stereocenters. The fraction of sp³-hybridized carbons (Fsp3) is 0.0526. The van der Waals surface area contributed by atoms with Gasteiger partial charge in [-0.25, -0.2) is 0 Å². The Morgan fingerprint density at radius 3 is 2.56 bits per heavy atom. The first-order chi connectivity index (χ1) is 12.8. The van der Waals surface area contributed by atoms with Gasteiger partial charge in [-0.3, -0.25) is 9.59 Å². The summed E-state index contributed by atoms with van der Waals surface area (Å²) in [5, 5.41) is 2.87. The number of amides is 1. The van der Waals surface area contributed by atoms with E-state index in [1.54, 1.807) is 18.2 Å². The molecule has 0 bridgehead atoms. The van der Waals surface area contributed by atoms with Crippen LogP contribution in [0.1, 0.15) is 15.9 Å². The quantitative estimate of drug-likeness (QED) is 0.492. The number of fused-ring (bicyclic) bond motifs is 2. The number of halogens is 3. The number of anilines is 1. The van der Waals surface area contributed by atoms with Crippen molar-refractivity contribution in [3.8, 4) is 0 Å². The molecule has 27 heavy (non-hydrogen) atoms. The molecule has 0 aliphatic carbocycles. The SMILES string of the molecule is O=C(Nc1cc2[nH]ccc2cc1C(F)(F)F)c1c[nH]c2ccccc2c1=O. The third-order valence-corrected chi connectivity index (χ3v) is 4.28. The number of rotatable bonds is 2. The van der Waals surface area contributed by atoms with Gasteiger partial charge in [0.2, 0.25) is 5.43 Å². The van der Waals surface area contributed by atoms with Crippen LogP contribution in [-0.4, -0.2) is 15.9 Å². The van der Waals surface area contributed by atoms with Crippen LogP contribution in [-0.2, 0) is 6.18 Å². The molecule has 0 fully saturated rings. The molecule has 0 spiro atoms. The van der Waals surface area contributed by atoms with Gasteiger partial charge >= 0.3 is 6.18 Å². The van der Waals surface area contributed by atoms with Crippen LogP contribution in [0.25, 0.3) is 21.8 Å². The van der Waals surface area contributed by atoms with Gasteiger partial charge in [0.15, 0.2) is 0 Å². The van der Waals surface area contributed by atoms with E-state index in [9.17, 15) is 22.8 Å². The number of carbonyl (C=O) groups is 1. The highest BCUT2D eigenvalue weighted by molar-refractivity contribution is 6.07. The van der Waals surface area contributed by atoms with Gasteiger partial charge in [0.1, 0.15) is 5.56 Å². The number of benzene rings is 2. The average molecular weight is 371 g/mol. The Balaban J connectivity index is 1.79. The van der Waals surface area contributed by atoms with E-state index in [4.69, 9.17) is 0 Å². The van der Waals surface area contributed by atoms with Crippen molar-refractivity contribution in [1.29, 1.82) is 0 Å². The molecule has 0 aliphatic heterocycles. The van der Waals surface area contributed by atoms with Crippen LogP contribution < -0.4 is 10.7 Å². The van der Waals surface area contributed by atoms with Gasteiger partial charge in [-0.15, -0.1) is 0 Å².